The summed E-state index contributed by atoms with van der Waals surface area (Å²) in [4.78, 5) is 1.39. The van der Waals surface area contributed by atoms with Crippen LogP contribution in [0.1, 0.15) is 106 Å². The van der Waals surface area contributed by atoms with E-state index in [-0.39, 0.29) is 0 Å². The van der Waals surface area contributed by atoms with E-state index < -0.39 is 0 Å². The molecule has 0 aromatic heterocycles. The molecule has 1 heteroatoms. The summed E-state index contributed by atoms with van der Waals surface area (Å²) >= 11 is 1.95. The second kappa shape index (κ2) is 25.1. The molecule has 0 aliphatic heterocycles. The van der Waals surface area contributed by atoms with Crippen LogP contribution in [0.15, 0.2) is 113 Å². The molecule has 0 saturated carbocycles. The molecule has 1 aliphatic rings. The van der Waals surface area contributed by atoms with Gasteiger partial charge in [0.1, 0.15) is 0 Å². The molecule has 0 nitrogen and oxygen atoms in total. The Labute approximate surface area is 242 Å². The van der Waals surface area contributed by atoms with E-state index in [1.807, 2.05) is 39.5 Å². The molecule has 212 valence electrons. The van der Waals surface area contributed by atoms with Crippen molar-refractivity contribution < 1.29 is 0 Å². The van der Waals surface area contributed by atoms with E-state index in [1.54, 1.807) is 0 Å². The molecule has 1 aliphatic carbocycles. The van der Waals surface area contributed by atoms with Crippen molar-refractivity contribution in [2.24, 2.45) is 0 Å². The van der Waals surface area contributed by atoms with Crippen LogP contribution in [-0.2, 0) is 0 Å². The smallest absolute Gasteiger partial charge is 0.0281 e. The van der Waals surface area contributed by atoms with Crippen molar-refractivity contribution in [3.05, 3.63) is 113 Å². The summed E-state index contributed by atoms with van der Waals surface area (Å²) in [6, 6.07) is 8.60. The van der Waals surface area contributed by atoms with E-state index in [1.165, 1.54) is 64.0 Å². The van der Waals surface area contributed by atoms with Crippen molar-refractivity contribution in [3.8, 4) is 0 Å². The normalized spacial score (nSPS) is 12.4. The van der Waals surface area contributed by atoms with E-state index in [0.29, 0.717) is 5.25 Å². The Balaban J connectivity index is 0. The summed E-state index contributed by atoms with van der Waals surface area (Å²) in [5, 5.41) is 0.531. The third-order valence-corrected chi connectivity index (χ3v) is 6.84. The highest BCUT2D eigenvalue weighted by molar-refractivity contribution is 8.00. The quantitative estimate of drug-likeness (QED) is 0.163. The van der Waals surface area contributed by atoms with Crippen LogP contribution in [0.25, 0.3) is 0 Å². The van der Waals surface area contributed by atoms with Crippen LogP contribution >= 0.6 is 11.8 Å². The second-order valence-corrected chi connectivity index (χ2v) is 11.2. The maximum Gasteiger partial charge on any atom is 0.0281 e. The third kappa shape index (κ3) is 20.8. The molecular formula is C37H58S. The highest BCUT2D eigenvalue weighted by atomic mass is 32.2. The first-order valence-corrected chi connectivity index (χ1v) is 15.4. The first-order valence-electron chi connectivity index (χ1n) is 14.5. The minimum atomic E-state index is 0.531. The predicted octanol–water partition coefficient (Wildman–Crippen LogP) is 13.0. The van der Waals surface area contributed by atoms with Gasteiger partial charge in [0, 0.05) is 10.1 Å². The van der Waals surface area contributed by atoms with Gasteiger partial charge in [0.15, 0.2) is 0 Å². The lowest BCUT2D eigenvalue weighted by molar-refractivity contribution is 0.792. The van der Waals surface area contributed by atoms with Gasteiger partial charge in [-0.2, -0.15) is 0 Å². The van der Waals surface area contributed by atoms with Crippen LogP contribution in [0, 0.1) is 6.92 Å². The Bertz CT molecular complexity index is 925. The first kappa shape index (κ1) is 37.9. The summed E-state index contributed by atoms with van der Waals surface area (Å²) in [6.07, 6.45) is 22.4. The zero-order valence-corrected chi connectivity index (χ0v) is 27.3. The van der Waals surface area contributed by atoms with Gasteiger partial charge in [-0.1, -0.05) is 130 Å². The van der Waals surface area contributed by atoms with Gasteiger partial charge >= 0.3 is 0 Å². The van der Waals surface area contributed by atoms with E-state index in [0.717, 1.165) is 12.8 Å². The molecule has 0 N–H and O–H groups in total. The largest absolute Gasteiger partial charge is 0.118 e. The molecule has 2 rings (SSSR count). The van der Waals surface area contributed by atoms with E-state index >= 15 is 0 Å². The lowest BCUT2D eigenvalue weighted by Crippen LogP contribution is -2.00. The average Bonchev–Trinajstić information content (AvgIpc) is 3.17. The van der Waals surface area contributed by atoms with Gasteiger partial charge in [0.2, 0.25) is 0 Å². The molecule has 0 amide bonds. The molecule has 1 aromatic carbocycles. The molecular weight excluding hydrogens is 476 g/mol. The monoisotopic (exact) mass is 534 g/mol. The van der Waals surface area contributed by atoms with Crippen molar-refractivity contribution in [2.75, 3.05) is 0 Å². The minimum Gasteiger partial charge on any atom is -0.118 e. The Kier molecular flexibility index (Phi) is 25.0. The van der Waals surface area contributed by atoms with Crippen molar-refractivity contribution in [1.29, 1.82) is 0 Å². The van der Waals surface area contributed by atoms with Crippen molar-refractivity contribution in [2.45, 2.75) is 118 Å². The fraction of sp³-hybridized carbons (Fsp3) is 0.459. The zero-order valence-electron chi connectivity index (χ0n) is 26.5. The van der Waals surface area contributed by atoms with E-state index in [2.05, 4.69) is 121 Å². The maximum absolute atomic E-state index is 4.05. The molecule has 0 fully saturated rings. The van der Waals surface area contributed by atoms with Crippen LogP contribution in [0.3, 0.4) is 0 Å². The van der Waals surface area contributed by atoms with Crippen LogP contribution in [0.5, 0.6) is 0 Å². The lowest BCUT2D eigenvalue weighted by Gasteiger charge is -2.15. The van der Waals surface area contributed by atoms with Crippen molar-refractivity contribution in [3.63, 3.8) is 0 Å². The summed E-state index contributed by atoms with van der Waals surface area (Å²) in [6.45, 7) is 28.8. The van der Waals surface area contributed by atoms with Crippen LogP contribution in [0.4, 0.5) is 0 Å². The van der Waals surface area contributed by atoms with Gasteiger partial charge in [-0.15, -0.1) is 18.3 Å². The van der Waals surface area contributed by atoms with Gasteiger partial charge in [-0.3, -0.25) is 0 Å². The van der Waals surface area contributed by atoms with Crippen molar-refractivity contribution in [1.82, 2.24) is 0 Å². The van der Waals surface area contributed by atoms with Gasteiger partial charge in [-0.05, 0) is 84.4 Å². The van der Waals surface area contributed by atoms with Crippen molar-refractivity contribution >= 4 is 11.8 Å². The van der Waals surface area contributed by atoms with Crippen LogP contribution in [0.2, 0.25) is 0 Å². The maximum atomic E-state index is 4.05. The number of allylic oxidation sites excluding steroid dienone is 11. The highest BCUT2D eigenvalue weighted by Gasteiger charge is 2.10. The molecule has 0 radical (unpaired) electrons. The first-order chi connectivity index (χ1) is 18.1. The van der Waals surface area contributed by atoms with Crippen LogP contribution in [-0.4, -0.2) is 5.25 Å². The Morgan fingerprint density at radius 2 is 1.55 bits per heavy atom. The molecule has 38 heavy (non-hydrogen) atoms. The zero-order chi connectivity index (χ0) is 29.3. The molecule has 0 bridgehead atoms. The van der Waals surface area contributed by atoms with E-state index in [4.69, 9.17) is 0 Å². The minimum absolute atomic E-state index is 0.531. The summed E-state index contributed by atoms with van der Waals surface area (Å²) < 4.78 is 0. The SMILES string of the molecule is C=C(/C=C\C(CCCC)=C(C)C)CCC.C=C(C)C.CC.Cc1ccccc1SC(C)C1=CC=CC=CC1. The second-order valence-electron chi connectivity index (χ2n) is 9.86. The number of rotatable bonds is 10. The lowest BCUT2D eigenvalue weighted by atomic mass is 10.0. The van der Waals surface area contributed by atoms with Gasteiger partial charge in [0.25, 0.3) is 0 Å². The number of benzene rings is 1. The number of thioether (sulfide) groups is 1. The number of unbranched alkanes of at least 4 members (excludes halogenated alkanes) is 1. The van der Waals surface area contributed by atoms with E-state index in [9.17, 15) is 0 Å². The topological polar surface area (TPSA) is 0 Å². The fourth-order valence-corrected chi connectivity index (χ4v) is 4.46. The molecule has 0 saturated heterocycles. The van der Waals surface area contributed by atoms with Gasteiger partial charge < -0.3 is 0 Å². The Hall–Kier alpha value is -2.25. The average molecular weight is 535 g/mol. The number of hydrogen-bond donors (Lipinski definition) is 0. The Morgan fingerprint density at radius 1 is 0.921 bits per heavy atom. The molecule has 1 unspecified atom stereocenters. The molecule has 0 heterocycles. The molecule has 1 atom stereocenters. The fourth-order valence-electron chi connectivity index (χ4n) is 3.34. The molecule has 0 spiro atoms. The Morgan fingerprint density at radius 3 is 2.11 bits per heavy atom. The van der Waals surface area contributed by atoms with Gasteiger partial charge in [-0.25, -0.2) is 0 Å². The molecule has 1 aromatic rings. The number of hydrogen-bond acceptors (Lipinski definition) is 1. The predicted molar refractivity (Wildman–Crippen MR) is 180 cm³/mol. The standard InChI is InChI=1S/C16H18S.C15H26.C4H8.C2H6/c1-13-9-7-8-12-16(13)17-14(2)15-10-5-3-4-6-11-15;1-6-8-10-15(13(3)4)12-11-14(5)9-7-2;1-4(2)3;1-2/h3-10,12,14H,11H2,1-2H3;11-12H,5-10H2,1-4H3;1H2,2-3H3;1-2H3/b;12-11-;;. The highest BCUT2D eigenvalue weighted by Crippen LogP contribution is 2.31. The van der Waals surface area contributed by atoms with Crippen LogP contribution < -0.4 is 0 Å². The number of aryl methyl sites for hydroxylation is 1. The summed E-state index contributed by atoms with van der Waals surface area (Å²) in [5.74, 6) is 0. The summed E-state index contributed by atoms with van der Waals surface area (Å²) in [7, 11) is 0. The van der Waals surface area contributed by atoms with Gasteiger partial charge in [0.05, 0.1) is 0 Å². The third-order valence-electron chi connectivity index (χ3n) is 5.47. The summed E-state index contributed by atoms with van der Waals surface area (Å²) in [5.41, 5.74) is 8.18.